The van der Waals surface area contributed by atoms with Gasteiger partial charge in [-0.3, -0.25) is 9.89 Å². The summed E-state index contributed by atoms with van der Waals surface area (Å²) >= 11 is 5.26. The number of fused-ring (bicyclic) bond motifs is 1. The number of aromatic amines is 2. The molecule has 0 spiro atoms. The zero-order chi connectivity index (χ0) is 15.8. The zero-order valence-corrected chi connectivity index (χ0v) is 13.3. The number of H-pyrrole nitrogens is 2. The Bertz CT molecular complexity index is 885. The Balaban J connectivity index is 1.41. The molecule has 0 aliphatic heterocycles. The lowest BCUT2D eigenvalue weighted by atomic mass is 10.2. The van der Waals surface area contributed by atoms with Crippen molar-refractivity contribution in [2.75, 3.05) is 6.54 Å². The first-order valence-electron chi connectivity index (χ1n) is 7.74. The molecule has 2 heterocycles. The highest BCUT2D eigenvalue weighted by Gasteiger charge is 2.27. The average molecular weight is 327 g/mol. The highest BCUT2D eigenvalue weighted by molar-refractivity contribution is 7.71. The molecule has 3 aromatic rings. The second kappa shape index (κ2) is 5.66. The average Bonchev–Trinajstić information content (AvgIpc) is 3.17. The highest BCUT2D eigenvalue weighted by Crippen LogP contribution is 2.35. The molecule has 118 valence electrons. The minimum atomic E-state index is -0.103. The third-order valence-corrected chi connectivity index (χ3v) is 4.39. The van der Waals surface area contributed by atoms with Gasteiger partial charge in [-0.05, 0) is 37.2 Å². The molecule has 6 nitrogen and oxygen atoms in total. The maximum Gasteiger partial charge on any atom is 0.267 e. The summed E-state index contributed by atoms with van der Waals surface area (Å²) in [6.07, 6.45) is 2.97. The van der Waals surface area contributed by atoms with E-state index in [1.165, 1.54) is 0 Å². The largest absolute Gasteiger partial charge is 0.351 e. The number of para-hydroxylation sites is 1. The SMILES string of the molecule is O=C(NCCc1n[nH]c(=S)n1C1CC1)c1cc2ccccc2[nH]1. The van der Waals surface area contributed by atoms with Gasteiger partial charge in [0.2, 0.25) is 0 Å². The summed E-state index contributed by atoms with van der Waals surface area (Å²) in [5, 5.41) is 11.1. The van der Waals surface area contributed by atoms with Crippen molar-refractivity contribution in [2.24, 2.45) is 0 Å². The van der Waals surface area contributed by atoms with E-state index in [1.807, 2.05) is 30.3 Å². The van der Waals surface area contributed by atoms with Gasteiger partial charge in [0.05, 0.1) is 0 Å². The minimum absolute atomic E-state index is 0.103. The van der Waals surface area contributed by atoms with E-state index in [-0.39, 0.29) is 5.91 Å². The van der Waals surface area contributed by atoms with Crippen molar-refractivity contribution in [1.29, 1.82) is 0 Å². The number of benzene rings is 1. The number of hydrogen-bond acceptors (Lipinski definition) is 3. The first-order valence-corrected chi connectivity index (χ1v) is 8.15. The fourth-order valence-corrected chi connectivity index (χ4v) is 3.10. The molecule has 2 aromatic heterocycles. The molecule has 1 aliphatic rings. The van der Waals surface area contributed by atoms with Crippen LogP contribution in [0.4, 0.5) is 0 Å². The summed E-state index contributed by atoms with van der Waals surface area (Å²) in [7, 11) is 0. The molecule has 4 rings (SSSR count). The maximum atomic E-state index is 12.2. The Morgan fingerprint density at radius 1 is 1.39 bits per heavy atom. The molecule has 1 aliphatic carbocycles. The van der Waals surface area contributed by atoms with Crippen LogP contribution in [0.2, 0.25) is 0 Å². The number of aromatic nitrogens is 4. The first kappa shape index (κ1) is 14.2. The number of rotatable bonds is 5. The van der Waals surface area contributed by atoms with E-state index < -0.39 is 0 Å². The lowest BCUT2D eigenvalue weighted by Crippen LogP contribution is -2.26. The number of nitrogens with zero attached hydrogens (tertiary/aromatic N) is 2. The Morgan fingerprint density at radius 2 is 2.22 bits per heavy atom. The Labute approximate surface area is 137 Å². The number of hydrogen-bond donors (Lipinski definition) is 3. The van der Waals surface area contributed by atoms with Crippen LogP contribution in [0.15, 0.2) is 30.3 Å². The molecule has 1 saturated carbocycles. The number of carbonyl (C=O) groups excluding carboxylic acids is 1. The Morgan fingerprint density at radius 3 is 3.00 bits per heavy atom. The topological polar surface area (TPSA) is 78.5 Å². The van der Waals surface area contributed by atoms with E-state index >= 15 is 0 Å². The molecule has 23 heavy (non-hydrogen) atoms. The van der Waals surface area contributed by atoms with Crippen molar-refractivity contribution in [1.82, 2.24) is 25.1 Å². The van der Waals surface area contributed by atoms with Crippen molar-refractivity contribution >= 4 is 29.0 Å². The van der Waals surface area contributed by atoms with Crippen molar-refractivity contribution in [3.8, 4) is 0 Å². The summed E-state index contributed by atoms with van der Waals surface area (Å²) < 4.78 is 2.74. The van der Waals surface area contributed by atoms with Gasteiger partial charge < -0.3 is 14.9 Å². The molecule has 7 heteroatoms. The molecule has 0 atom stereocenters. The van der Waals surface area contributed by atoms with Gasteiger partial charge in [0.25, 0.3) is 5.91 Å². The lowest BCUT2D eigenvalue weighted by Gasteiger charge is -2.06. The summed E-state index contributed by atoms with van der Waals surface area (Å²) in [6.45, 7) is 0.528. The van der Waals surface area contributed by atoms with Crippen LogP contribution in [0.25, 0.3) is 10.9 Å². The smallest absolute Gasteiger partial charge is 0.267 e. The van der Waals surface area contributed by atoms with Gasteiger partial charge in [0, 0.05) is 29.9 Å². The van der Waals surface area contributed by atoms with Crippen molar-refractivity contribution in [2.45, 2.75) is 25.3 Å². The van der Waals surface area contributed by atoms with E-state index in [4.69, 9.17) is 12.2 Å². The van der Waals surface area contributed by atoms with Crippen LogP contribution in [0.3, 0.4) is 0 Å². The normalized spacial score (nSPS) is 14.3. The molecule has 0 unspecified atom stereocenters. The maximum absolute atomic E-state index is 12.2. The van der Waals surface area contributed by atoms with Gasteiger partial charge in [-0.15, -0.1) is 0 Å². The van der Waals surface area contributed by atoms with Gasteiger partial charge in [-0.2, -0.15) is 5.10 Å². The van der Waals surface area contributed by atoms with Gasteiger partial charge in [0.15, 0.2) is 4.77 Å². The van der Waals surface area contributed by atoms with Crippen LogP contribution >= 0.6 is 12.2 Å². The monoisotopic (exact) mass is 327 g/mol. The number of nitrogens with one attached hydrogen (secondary N) is 3. The molecular formula is C16H17N5OS. The van der Waals surface area contributed by atoms with Crippen molar-refractivity contribution in [3.63, 3.8) is 0 Å². The predicted molar refractivity (Wildman–Crippen MR) is 90.0 cm³/mol. The fraction of sp³-hybridized carbons (Fsp3) is 0.312. The molecule has 0 radical (unpaired) electrons. The van der Waals surface area contributed by atoms with Crippen LogP contribution < -0.4 is 5.32 Å². The van der Waals surface area contributed by atoms with Crippen LogP contribution in [0.5, 0.6) is 0 Å². The van der Waals surface area contributed by atoms with Gasteiger partial charge in [-0.1, -0.05) is 18.2 Å². The summed E-state index contributed by atoms with van der Waals surface area (Å²) in [4.78, 5) is 15.4. The van der Waals surface area contributed by atoms with Gasteiger partial charge in [-0.25, -0.2) is 0 Å². The molecule has 0 bridgehead atoms. The van der Waals surface area contributed by atoms with Gasteiger partial charge in [0.1, 0.15) is 11.5 Å². The van der Waals surface area contributed by atoms with E-state index in [0.717, 1.165) is 29.6 Å². The quantitative estimate of drug-likeness (QED) is 0.631. The lowest BCUT2D eigenvalue weighted by molar-refractivity contribution is 0.0949. The summed E-state index contributed by atoms with van der Waals surface area (Å²) in [6, 6.07) is 10.2. The summed E-state index contributed by atoms with van der Waals surface area (Å²) in [5.41, 5.74) is 1.54. The standard InChI is InChI=1S/C16H17N5OS/c22-15(13-9-10-3-1-2-4-12(10)18-13)17-8-7-14-19-20-16(23)21(14)11-5-6-11/h1-4,9,11,18H,5-8H2,(H,17,22)(H,20,23). The fourth-order valence-electron chi connectivity index (χ4n) is 2.80. The second-order valence-electron chi connectivity index (χ2n) is 5.82. The molecule has 1 fully saturated rings. The van der Waals surface area contributed by atoms with E-state index in [9.17, 15) is 4.79 Å². The van der Waals surface area contributed by atoms with Crippen LogP contribution in [-0.2, 0) is 6.42 Å². The van der Waals surface area contributed by atoms with Crippen molar-refractivity contribution in [3.05, 3.63) is 46.6 Å². The van der Waals surface area contributed by atoms with Crippen LogP contribution in [0.1, 0.15) is 35.2 Å². The molecule has 1 aromatic carbocycles. The van der Waals surface area contributed by atoms with Crippen molar-refractivity contribution < 1.29 is 4.79 Å². The second-order valence-corrected chi connectivity index (χ2v) is 6.21. The Kier molecular flexibility index (Phi) is 3.49. The molecule has 3 N–H and O–H groups in total. The first-order chi connectivity index (χ1) is 11.2. The van der Waals surface area contributed by atoms with E-state index in [2.05, 4.69) is 25.1 Å². The van der Waals surface area contributed by atoms with Crippen LogP contribution in [0, 0.1) is 4.77 Å². The van der Waals surface area contributed by atoms with Crippen LogP contribution in [-0.4, -0.2) is 32.2 Å². The zero-order valence-electron chi connectivity index (χ0n) is 12.5. The minimum Gasteiger partial charge on any atom is -0.351 e. The third kappa shape index (κ3) is 2.79. The van der Waals surface area contributed by atoms with E-state index in [0.29, 0.717) is 29.5 Å². The predicted octanol–water partition coefficient (Wildman–Crippen LogP) is 2.73. The number of carbonyl (C=O) groups is 1. The Hall–Kier alpha value is -2.41. The third-order valence-electron chi connectivity index (χ3n) is 4.10. The number of amides is 1. The highest BCUT2D eigenvalue weighted by atomic mass is 32.1. The molecule has 0 saturated heterocycles. The molecule has 1 amide bonds. The van der Waals surface area contributed by atoms with Gasteiger partial charge >= 0.3 is 0 Å². The van der Waals surface area contributed by atoms with E-state index in [1.54, 1.807) is 0 Å². The summed E-state index contributed by atoms with van der Waals surface area (Å²) in [5.74, 6) is 0.808. The molecular weight excluding hydrogens is 310 g/mol.